The van der Waals surface area contributed by atoms with Gasteiger partial charge >= 0.3 is 0 Å². The first-order chi connectivity index (χ1) is 24.5. The minimum absolute atomic E-state index is 0.0709. The second-order valence-corrected chi connectivity index (χ2v) is 15.8. The van der Waals surface area contributed by atoms with E-state index in [0.29, 0.717) is 48.4 Å². The number of carbonyl (C=O) groups excluding carboxylic acids is 2. The number of fused-ring (bicyclic) bond motifs is 3. The molecule has 2 aromatic carbocycles. The number of carbonyl (C=O) groups is 2. The molecule has 1 aliphatic carbocycles. The maximum absolute atomic E-state index is 14.1. The Labute approximate surface area is 304 Å². The number of ether oxygens (including phenoxy) is 2. The molecule has 3 aromatic rings. The number of anilines is 1. The third kappa shape index (κ3) is 8.25. The van der Waals surface area contributed by atoms with E-state index in [9.17, 15) is 23.1 Å². The molecule has 1 fully saturated rings. The Hall–Kier alpha value is -3.97. The Morgan fingerprint density at radius 2 is 1.96 bits per heavy atom. The van der Waals surface area contributed by atoms with Crippen LogP contribution in [0.25, 0.3) is 0 Å². The van der Waals surface area contributed by atoms with Crippen molar-refractivity contribution in [1.82, 2.24) is 14.6 Å². The van der Waals surface area contributed by atoms with Gasteiger partial charge in [0, 0.05) is 51.2 Å². The lowest BCUT2D eigenvalue weighted by Gasteiger charge is -2.43. The van der Waals surface area contributed by atoms with Crippen LogP contribution in [0, 0.1) is 11.8 Å². The standard InChI is InChI=1S/C38H45ClN4O7S/c1-42-18-5-4-10-34(49-2)32-15-12-27(32)24-43-19-6-3-8-26-20-30(39)14-11-28(26)25-50-35-16-13-29(21-33(35)43)38(46,22-36(42)44)37(45)41-51(47,48)31-9-7-17-40-23-31/h4,7,9-11,13-14,16-17,20-21,23,27,32,34,46H,3,5-6,8,12,15,18-19,22,24-25H2,1-2H3,(H,41,45)/b10-4+/t27-,32+,34-,38?/m0/s1. The van der Waals surface area contributed by atoms with Gasteiger partial charge in [-0.1, -0.05) is 35.9 Å². The quantitative estimate of drug-likeness (QED) is 0.355. The first kappa shape index (κ1) is 36.8. The van der Waals surface area contributed by atoms with Crippen LogP contribution in [0.4, 0.5) is 5.69 Å². The maximum Gasteiger partial charge on any atom is 0.270 e. The number of amides is 2. The van der Waals surface area contributed by atoms with Crippen molar-refractivity contribution in [2.24, 2.45) is 11.8 Å². The number of sulfonamides is 1. The van der Waals surface area contributed by atoms with Gasteiger partial charge in [-0.25, -0.2) is 13.1 Å². The van der Waals surface area contributed by atoms with Crippen LogP contribution in [-0.4, -0.2) is 75.1 Å². The molecule has 0 radical (unpaired) electrons. The summed E-state index contributed by atoms with van der Waals surface area (Å²) < 4.78 is 41.0. The van der Waals surface area contributed by atoms with E-state index in [1.54, 1.807) is 26.3 Å². The summed E-state index contributed by atoms with van der Waals surface area (Å²) in [5.41, 5.74) is 0.302. The van der Waals surface area contributed by atoms with E-state index in [1.807, 2.05) is 29.0 Å². The summed E-state index contributed by atoms with van der Waals surface area (Å²) in [6, 6.07) is 13.4. The fourth-order valence-corrected chi connectivity index (χ4v) is 8.37. The van der Waals surface area contributed by atoms with E-state index in [2.05, 4.69) is 16.0 Å². The number of methoxy groups -OCH3 is 1. The highest BCUT2D eigenvalue weighted by Crippen LogP contribution is 2.43. The molecule has 0 spiro atoms. The molecule has 1 saturated carbocycles. The van der Waals surface area contributed by atoms with Gasteiger partial charge < -0.3 is 24.4 Å². The highest BCUT2D eigenvalue weighted by molar-refractivity contribution is 7.90. The molecule has 3 heterocycles. The monoisotopic (exact) mass is 736 g/mol. The molecule has 6 rings (SSSR count). The largest absolute Gasteiger partial charge is 0.487 e. The molecule has 51 heavy (non-hydrogen) atoms. The van der Waals surface area contributed by atoms with Gasteiger partial charge in [0.1, 0.15) is 17.3 Å². The van der Waals surface area contributed by atoms with E-state index in [4.69, 9.17) is 21.1 Å². The number of rotatable bonds is 4. The van der Waals surface area contributed by atoms with Gasteiger partial charge in [0.2, 0.25) is 5.91 Å². The molecule has 272 valence electrons. The number of aromatic nitrogens is 1. The molecule has 4 atom stereocenters. The SMILES string of the molecule is CO[C@H]1/C=C/CCN(C)C(=O)CC(O)(C(=O)NS(=O)(=O)c2cccnc2)c2ccc3c(c2)N(CCCCc2cc(Cl)ccc2CO3)C[C@@H]2CC[C@H]21. The third-order valence-electron chi connectivity index (χ3n) is 10.4. The van der Waals surface area contributed by atoms with Crippen molar-refractivity contribution in [1.29, 1.82) is 0 Å². The van der Waals surface area contributed by atoms with E-state index in [0.717, 1.165) is 49.4 Å². The number of aliphatic hydroxyl groups is 1. The Morgan fingerprint density at radius 1 is 1.12 bits per heavy atom. The predicted molar refractivity (Wildman–Crippen MR) is 194 cm³/mol. The summed E-state index contributed by atoms with van der Waals surface area (Å²) in [7, 11) is -1.11. The first-order valence-corrected chi connectivity index (χ1v) is 19.3. The van der Waals surface area contributed by atoms with E-state index in [1.165, 1.54) is 29.3 Å². The van der Waals surface area contributed by atoms with Gasteiger partial charge in [-0.2, -0.15) is 0 Å². The minimum atomic E-state index is -4.43. The van der Waals surface area contributed by atoms with E-state index in [-0.39, 0.29) is 29.1 Å². The minimum Gasteiger partial charge on any atom is -0.487 e. The molecule has 2 bridgehead atoms. The molecule has 13 heteroatoms. The molecule has 3 aliphatic rings. The zero-order valence-corrected chi connectivity index (χ0v) is 30.5. The highest BCUT2D eigenvalue weighted by Gasteiger charge is 2.44. The van der Waals surface area contributed by atoms with Gasteiger partial charge in [-0.3, -0.25) is 14.6 Å². The van der Waals surface area contributed by atoms with Crippen molar-refractivity contribution in [3.05, 3.63) is 94.8 Å². The predicted octanol–water partition coefficient (Wildman–Crippen LogP) is 5.00. The summed E-state index contributed by atoms with van der Waals surface area (Å²) in [5.74, 6) is -0.645. The van der Waals surface area contributed by atoms with Crippen LogP contribution in [0.15, 0.2) is 78.0 Å². The van der Waals surface area contributed by atoms with Gasteiger partial charge in [0.15, 0.2) is 5.60 Å². The zero-order chi connectivity index (χ0) is 36.2. The highest BCUT2D eigenvalue weighted by atomic mass is 35.5. The van der Waals surface area contributed by atoms with E-state index < -0.39 is 33.9 Å². The van der Waals surface area contributed by atoms with Crippen LogP contribution in [-0.2, 0) is 43.0 Å². The Bertz CT molecular complexity index is 1870. The number of hydrogen-bond acceptors (Lipinski definition) is 9. The van der Waals surface area contributed by atoms with Crippen LogP contribution < -0.4 is 14.4 Å². The summed E-state index contributed by atoms with van der Waals surface area (Å²) in [6.07, 6.45) is 11.0. The van der Waals surface area contributed by atoms with Crippen molar-refractivity contribution in [3.63, 3.8) is 0 Å². The normalized spacial score (nSPS) is 25.3. The molecule has 0 saturated heterocycles. The second kappa shape index (κ2) is 15.7. The van der Waals surface area contributed by atoms with Gasteiger partial charge in [0.05, 0.1) is 18.2 Å². The molecule has 1 aromatic heterocycles. The van der Waals surface area contributed by atoms with Crippen LogP contribution >= 0.6 is 11.6 Å². The number of nitrogens with zero attached hydrogens (tertiary/aromatic N) is 3. The van der Waals surface area contributed by atoms with Crippen molar-refractivity contribution in [3.8, 4) is 5.75 Å². The topological polar surface area (TPSA) is 138 Å². The number of halogens is 1. The molecule has 2 aliphatic heterocycles. The molecule has 1 unspecified atom stereocenters. The number of aryl methyl sites for hydroxylation is 1. The van der Waals surface area contributed by atoms with Gasteiger partial charge in [-0.15, -0.1) is 0 Å². The lowest BCUT2D eigenvalue weighted by atomic mass is 9.70. The number of benzene rings is 2. The Morgan fingerprint density at radius 3 is 2.71 bits per heavy atom. The molecular formula is C38H45ClN4O7S. The van der Waals surface area contributed by atoms with Gasteiger partial charge in [-0.05, 0) is 103 Å². The fraction of sp³-hybridized carbons (Fsp3) is 0.447. The van der Waals surface area contributed by atoms with Crippen LogP contribution in [0.1, 0.15) is 55.2 Å². The average molecular weight is 737 g/mol. The smallest absolute Gasteiger partial charge is 0.270 e. The molecular weight excluding hydrogens is 692 g/mol. The zero-order valence-electron chi connectivity index (χ0n) is 29.0. The van der Waals surface area contributed by atoms with Crippen LogP contribution in [0.2, 0.25) is 5.02 Å². The van der Waals surface area contributed by atoms with E-state index >= 15 is 0 Å². The van der Waals surface area contributed by atoms with Crippen LogP contribution in [0.5, 0.6) is 5.75 Å². The third-order valence-corrected chi connectivity index (χ3v) is 12.0. The summed E-state index contributed by atoms with van der Waals surface area (Å²) in [4.78, 5) is 35.0. The Balaban J connectivity index is 1.45. The van der Waals surface area contributed by atoms with Gasteiger partial charge in [0.25, 0.3) is 15.9 Å². The molecule has 2 amide bonds. The lowest BCUT2D eigenvalue weighted by Crippen LogP contribution is -2.49. The summed E-state index contributed by atoms with van der Waals surface area (Å²) in [6.45, 7) is 1.93. The first-order valence-electron chi connectivity index (χ1n) is 17.4. The molecule has 11 nitrogen and oxygen atoms in total. The van der Waals surface area contributed by atoms with Crippen molar-refractivity contribution in [2.45, 2.75) is 68.2 Å². The average Bonchev–Trinajstić information content (AvgIpc) is 3.14. The maximum atomic E-state index is 14.1. The second-order valence-electron chi connectivity index (χ2n) is 13.7. The van der Waals surface area contributed by atoms with Crippen LogP contribution in [0.3, 0.4) is 0 Å². The Kier molecular flexibility index (Phi) is 11.4. The summed E-state index contributed by atoms with van der Waals surface area (Å²) in [5, 5.41) is 13.0. The number of nitrogens with one attached hydrogen (secondary N) is 1. The van der Waals surface area contributed by atoms with Crippen molar-refractivity contribution >= 4 is 39.1 Å². The fourth-order valence-electron chi connectivity index (χ4n) is 7.19. The lowest BCUT2D eigenvalue weighted by molar-refractivity contribution is -0.148. The molecule has 2 N–H and O–H groups in total. The number of pyridine rings is 1. The number of hydrogen-bond donors (Lipinski definition) is 2. The summed E-state index contributed by atoms with van der Waals surface area (Å²) >= 11 is 6.37. The van der Waals surface area contributed by atoms with Crippen molar-refractivity contribution in [2.75, 3.05) is 38.7 Å². The van der Waals surface area contributed by atoms with Crippen molar-refractivity contribution < 1.29 is 32.6 Å².